The zero-order valence-corrected chi connectivity index (χ0v) is 3.90. The Morgan fingerprint density at radius 2 is 1.75 bits per heavy atom. The van der Waals surface area contributed by atoms with Crippen LogP contribution in [0.1, 0.15) is 0 Å². The van der Waals surface area contributed by atoms with Gasteiger partial charge in [0.05, 0.1) is 0 Å². The van der Waals surface area contributed by atoms with Crippen molar-refractivity contribution in [2.24, 2.45) is 0 Å². The van der Waals surface area contributed by atoms with Crippen LogP contribution in [0.25, 0.3) is 0 Å². The highest BCUT2D eigenvalue weighted by Crippen LogP contribution is 1.68. The number of hydrogen-bond acceptors (Lipinski definition) is 2. The van der Waals surface area contributed by atoms with Crippen molar-refractivity contribution >= 4 is 24.4 Å². The van der Waals surface area contributed by atoms with E-state index in [1.165, 1.54) is 0 Å². The monoisotopic (exact) mass is 100.0 g/mol. The summed E-state index contributed by atoms with van der Waals surface area (Å²) in [7, 11) is 0. The van der Waals surface area contributed by atoms with Crippen molar-refractivity contribution in [3.8, 4) is 0 Å². The molecule has 3 heteroatoms. The highest BCUT2D eigenvalue weighted by Gasteiger charge is 1.34. The van der Waals surface area contributed by atoms with Gasteiger partial charge in [-0.05, 0) is 12.0 Å². The molecule has 0 aromatic carbocycles. The molecule has 0 unspecified atom stereocenters. The van der Waals surface area contributed by atoms with E-state index in [4.69, 9.17) is 4.55 Å². The summed E-state index contributed by atoms with van der Waals surface area (Å²) in [4.78, 5) is 0. The molecule has 0 rings (SSSR count). The second-order valence-corrected chi connectivity index (χ2v) is 0.548. The molecule has 0 saturated heterocycles. The molecule has 0 heterocycles. The molecule has 0 aliphatic carbocycles. The van der Waals surface area contributed by atoms with Crippen LogP contribution in [-0.2, 0) is 0 Å². The van der Waals surface area contributed by atoms with E-state index in [0.29, 0.717) is 0 Å². The molecule has 0 spiro atoms. The second kappa shape index (κ2) is 9.51. The summed E-state index contributed by atoms with van der Waals surface area (Å²) in [6, 6.07) is 0. The molecule has 0 fully saturated rings. The third-order valence-corrected chi connectivity index (χ3v) is 0. The van der Waals surface area contributed by atoms with Gasteiger partial charge in [0.15, 0.2) is 0 Å². The first-order valence-electron chi connectivity index (χ1n) is 0.591. The van der Waals surface area contributed by atoms with Gasteiger partial charge in [-0.1, -0.05) is 0 Å². The average molecular weight is 101 g/mol. The van der Waals surface area contributed by atoms with Crippen LogP contribution in [0, 0.1) is 0 Å². The molecule has 1 nitrogen and oxygen atoms in total. The quantitative estimate of drug-likeness (QED) is 0.463. The van der Waals surface area contributed by atoms with Crippen LogP contribution < -0.4 is 0 Å². The van der Waals surface area contributed by atoms with Crippen molar-refractivity contribution in [3.05, 3.63) is 0 Å². The van der Waals surface area contributed by atoms with E-state index in [2.05, 4.69) is 0 Å². The Balaban J connectivity index is 0. The van der Waals surface area contributed by atoms with E-state index >= 15 is 0 Å². The van der Waals surface area contributed by atoms with E-state index in [9.17, 15) is 0 Å². The smallest absolute Gasteiger partial charge is 0.00795 e. The second-order valence-electron chi connectivity index (χ2n) is 0.183. The van der Waals surface area contributed by atoms with E-state index in [-0.39, 0.29) is 12.4 Å². The van der Waals surface area contributed by atoms with Crippen LogP contribution in [0.4, 0.5) is 0 Å². The maximum atomic E-state index is 7.49. The number of hydrogen-bond donors (Lipinski definition) is 1. The molecule has 0 amide bonds. The summed E-state index contributed by atoms with van der Waals surface area (Å²) in [5.41, 5.74) is 0. The fourth-order valence-corrected chi connectivity index (χ4v) is 0. The third kappa shape index (κ3) is 18.5. The van der Waals surface area contributed by atoms with Crippen molar-refractivity contribution in [1.82, 2.24) is 0 Å². The predicted octanol–water partition coefficient (Wildman–Crippen LogP) is 1.24. The van der Waals surface area contributed by atoms with Gasteiger partial charge in [-0.25, -0.2) is 0 Å². The van der Waals surface area contributed by atoms with E-state index < -0.39 is 0 Å². The van der Waals surface area contributed by atoms with Crippen molar-refractivity contribution in [2.45, 2.75) is 0 Å². The molecular weight excluding hydrogens is 95.5 g/mol. The van der Waals surface area contributed by atoms with Gasteiger partial charge in [-0.3, -0.25) is 0 Å². The van der Waals surface area contributed by atoms with Crippen LogP contribution in [-0.4, -0.2) is 10.8 Å². The zero-order chi connectivity index (χ0) is 2.71. The van der Waals surface area contributed by atoms with Crippen LogP contribution in [0.3, 0.4) is 0 Å². The summed E-state index contributed by atoms with van der Waals surface area (Å²) in [6.45, 7) is 0. The van der Waals surface area contributed by atoms with Gasteiger partial charge in [0.25, 0.3) is 0 Å². The first kappa shape index (κ1) is 8.82. The van der Waals surface area contributed by atoms with Crippen LogP contribution in [0.5, 0.6) is 0 Å². The number of rotatable bonds is 0. The Morgan fingerprint density at radius 1 is 1.75 bits per heavy atom. The lowest BCUT2D eigenvalue weighted by Crippen LogP contribution is -1.28. The van der Waals surface area contributed by atoms with Crippen LogP contribution in [0.15, 0.2) is 0 Å². The molecule has 0 aromatic heterocycles. The van der Waals surface area contributed by atoms with Crippen LogP contribution >= 0.6 is 24.4 Å². The van der Waals surface area contributed by atoms with Gasteiger partial charge in [0.2, 0.25) is 0 Å². The Hall–Kier alpha value is 0.600. The first-order chi connectivity index (χ1) is 1.41. The van der Waals surface area contributed by atoms with Gasteiger partial charge >= 0.3 is 0 Å². The normalized spacial score (nSPS) is 4.50. The standard InChI is InChI=1S/CH4OS.ClH/c1-3-2;/h2H,1H3;1H. The fraction of sp³-hybridized carbons (Fsp3) is 1.00. The topological polar surface area (TPSA) is 20.2 Å². The summed E-state index contributed by atoms with van der Waals surface area (Å²) >= 11 is 0.750. The minimum atomic E-state index is 0. The van der Waals surface area contributed by atoms with Crippen molar-refractivity contribution < 1.29 is 4.55 Å². The summed E-state index contributed by atoms with van der Waals surface area (Å²) < 4.78 is 7.49. The summed E-state index contributed by atoms with van der Waals surface area (Å²) in [5, 5.41) is 0. The van der Waals surface area contributed by atoms with E-state index in [0.717, 1.165) is 12.0 Å². The van der Waals surface area contributed by atoms with Crippen molar-refractivity contribution in [1.29, 1.82) is 0 Å². The lowest BCUT2D eigenvalue weighted by molar-refractivity contribution is 0.669. The SMILES string of the molecule is CSO.Cl. The molecular formula is CH5ClOS. The minimum Gasteiger partial charge on any atom is -0.330 e. The third-order valence-electron chi connectivity index (χ3n) is 0. The largest absolute Gasteiger partial charge is 0.330 e. The van der Waals surface area contributed by atoms with Crippen molar-refractivity contribution in [3.63, 3.8) is 0 Å². The lowest BCUT2D eigenvalue weighted by Gasteiger charge is -1.52. The van der Waals surface area contributed by atoms with Crippen molar-refractivity contribution in [2.75, 3.05) is 6.26 Å². The Labute approximate surface area is 36.0 Å². The predicted molar refractivity (Wildman–Crippen MR) is 23.4 cm³/mol. The first-order valence-corrected chi connectivity index (χ1v) is 1.77. The summed E-state index contributed by atoms with van der Waals surface area (Å²) in [6.07, 6.45) is 1.60. The highest BCUT2D eigenvalue weighted by molar-refractivity contribution is 7.93. The molecule has 28 valence electrons. The molecule has 4 heavy (non-hydrogen) atoms. The van der Waals surface area contributed by atoms with Crippen LogP contribution in [0.2, 0.25) is 0 Å². The van der Waals surface area contributed by atoms with E-state index in [1.54, 1.807) is 6.26 Å². The van der Waals surface area contributed by atoms with Gasteiger partial charge in [0.1, 0.15) is 0 Å². The Morgan fingerprint density at radius 3 is 1.75 bits per heavy atom. The molecule has 0 aromatic rings. The van der Waals surface area contributed by atoms with Gasteiger partial charge in [0, 0.05) is 6.26 Å². The molecule has 0 saturated carbocycles. The van der Waals surface area contributed by atoms with Gasteiger partial charge < -0.3 is 4.55 Å². The maximum Gasteiger partial charge on any atom is 0.00795 e. The lowest BCUT2D eigenvalue weighted by atomic mass is 12.0. The molecule has 0 aliphatic heterocycles. The Bertz CT molecular complexity index is 8.00. The molecule has 0 aliphatic rings. The summed E-state index contributed by atoms with van der Waals surface area (Å²) in [5.74, 6) is 0. The minimum absolute atomic E-state index is 0. The molecule has 0 bridgehead atoms. The maximum absolute atomic E-state index is 7.49. The van der Waals surface area contributed by atoms with Gasteiger partial charge in [-0.15, -0.1) is 12.4 Å². The number of halogens is 1. The molecule has 0 radical (unpaired) electrons. The molecule has 1 N–H and O–H groups in total. The highest BCUT2D eigenvalue weighted by atomic mass is 35.5. The molecule has 0 atom stereocenters. The average Bonchev–Trinajstić information content (AvgIpc) is 0.918. The zero-order valence-electron chi connectivity index (χ0n) is 2.26. The Kier molecular flexibility index (Phi) is 21.0. The van der Waals surface area contributed by atoms with Gasteiger partial charge in [-0.2, -0.15) is 0 Å². The van der Waals surface area contributed by atoms with E-state index in [1.807, 2.05) is 0 Å². The fourth-order valence-electron chi connectivity index (χ4n) is 0.